The Bertz CT molecular complexity index is 237. The molecule has 1 aliphatic heterocycles. The van der Waals surface area contributed by atoms with Crippen molar-refractivity contribution in [2.75, 3.05) is 39.3 Å². The van der Waals surface area contributed by atoms with Gasteiger partial charge in [-0.2, -0.15) is 13.2 Å². The van der Waals surface area contributed by atoms with Crippen LogP contribution in [0.2, 0.25) is 0 Å². The molecule has 1 saturated heterocycles. The van der Waals surface area contributed by atoms with Crippen LogP contribution in [0.15, 0.2) is 0 Å². The normalized spacial score (nSPS) is 18.8. The summed E-state index contributed by atoms with van der Waals surface area (Å²) in [6.07, 6.45) is -4.23. The molecule has 0 aromatic rings. The van der Waals surface area contributed by atoms with Gasteiger partial charge in [0, 0.05) is 19.6 Å². The monoisotopic (exact) mass is 253 g/mol. The minimum Gasteiger partial charge on any atom is -0.355 e. The third-order valence-electron chi connectivity index (χ3n) is 2.53. The third kappa shape index (κ3) is 7.17. The van der Waals surface area contributed by atoms with Gasteiger partial charge in [0.15, 0.2) is 0 Å². The summed E-state index contributed by atoms with van der Waals surface area (Å²) in [5.41, 5.74) is 0. The van der Waals surface area contributed by atoms with Crippen LogP contribution in [0, 0.1) is 0 Å². The maximum absolute atomic E-state index is 11.8. The molecule has 0 radical (unpaired) electrons. The zero-order valence-electron chi connectivity index (χ0n) is 9.65. The summed E-state index contributed by atoms with van der Waals surface area (Å²) in [5.74, 6) is -0.337. The lowest BCUT2D eigenvalue weighted by Crippen LogP contribution is -2.39. The molecule has 0 aromatic carbocycles. The Morgan fingerprint density at radius 3 is 2.76 bits per heavy atom. The first kappa shape index (κ1) is 14.2. The van der Waals surface area contributed by atoms with E-state index in [1.54, 1.807) is 0 Å². The first-order valence-electron chi connectivity index (χ1n) is 5.74. The van der Waals surface area contributed by atoms with Crippen molar-refractivity contribution in [3.8, 4) is 0 Å². The number of hydrogen-bond acceptors (Lipinski definition) is 3. The van der Waals surface area contributed by atoms with Crippen LogP contribution in [-0.4, -0.2) is 56.3 Å². The predicted octanol–water partition coefficient (Wildman–Crippen LogP) is 0.350. The number of nitrogens with one attached hydrogen (secondary N) is 2. The average molecular weight is 253 g/mol. The van der Waals surface area contributed by atoms with Gasteiger partial charge in [-0.15, -0.1) is 0 Å². The molecule has 0 atom stereocenters. The molecule has 2 N–H and O–H groups in total. The summed E-state index contributed by atoms with van der Waals surface area (Å²) in [4.78, 5) is 13.3. The number of nitrogens with zero attached hydrogens (tertiary/aromatic N) is 1. The summed E-state index contributed by atoms with van der Waals surface area (Å²) in [5, 5.41) is 5.48. The van der Waals surface area contributed by atoms with E-state index >= 15 is 0 Å². The van der Waals surface area contributed by atoms with Crippen molar-refractivity contribution in [2.45, 2.75) is 19.0 Å². The van der Waals surface area contributed by atoms with Crippen molar-refractivity contribution in [3.63, 3.8) is 0 Å². The van der Waals surface area contributed by atoms with E-state index < -0.39 is 12.6 Å². The van der Waals surface area contributed by atoms with Crippen molar-refractivity contribution in [1.29, 1.82) is 0 Å². The number of hydrogen-bond donors (Lipinski definition) is 2. The molecule has 1 aliphatic rings. The summed E-state index contributed by atoms with van der Waals surface area (Å²) in [7, 11) is 0. The van der Waals surface area contributed by atoms with Gasteiger partial charge < -0.3 is 10.6 Å². The number of rotatable bonds is 4. The molecule has 4 nitrogen and oxygen atoms in total. The maximum atomic E-state index is 11.8. The zero-order valence-corrected chi connectivity index (χ0v) is 9.65. The molecule has 0 bridgehead atoms. The first-order chi connectivity index (χ1) is 7.97. The summed E-state index contributed by atoms with van der Waals surface area (Å²) in [6, 6.07) is 0. The van der Waals surface area contributed by atoms with E-state index in [2.05, 4.69) is 10.6 Å². The Balaban J connectivity index is 2.15. The van der Waals surface area contributed by atoms with E-state index in [1.807, 2.05) is 4.90 Å². The van der Waals surface area contributed by atoms with Gasteiger partial charge in [-0.1, -0.05) is 0 Å². The van der Waals surface area contributed by atoms with Gasteiger partial charge in [0.2, 0.25) is 5.91 Å². The summed E-state index contributed by atoms with van der Waals surface area (Å²) < 4.78 is 35.5. The van der Waals surface area contributed by atoms with Crippen LogP contribution in [0.4, 0.5) is 13.2 Å². The molecule has 0 spiro atoms. The SMILES string of the molecule is O=C(CN1CCCNCC1)NCCC(F)(F)F. The van der Waals surface area contributed by atoms with Crippen LogP contribution >= 0.6 is 0 Å². The van der Waals surface area contributed by atoms with E-state index in [0.717, 1.165) is 32.6 Å². The number of halogens is 3. The number of alkyl halides is 3. The van der Waals surface area contributed by atoms with E-state index in [4.69, 9.17) is 0 Å². The molecule has 1 rings (SSSR count). The van der Waals surface area contributed by atoms with Gasteiger partial charge in [-0.25, -0.2) is 0 Å². The highest BCUT2D eigenvalue weighted by atomic mass is 19.4. The van der Waals surface area contributed by atoms with E-state index in [1.165, 1.54) is 0 Å². The third-order valence-corrected chi connectivity index (χ3v) is 2.53. The second kappa shape index (κ2) is 6.80. The van der Waals surface area contributed by atoms with Crippen LogP contribution in [-0.2, 0) is 4.79 Å². The second-order valence-electron chi connectivity index (χ2n) is 4.09. The van der Waals surface area contributed by atoms with Gasteiger partial charge in [-0.3, -0.25) is 9.69 Å². The topological polar surface area (TPSA) is 44.4 Å². The molecule has 7 heteroatoms. The van der Waals surface area contributed by atoms with Crippen LogP contribution in [0.5, 0.6) is 0 Å². The highest BCUT2D eigenvalue weighted by Crippen LogP contribution is 2.17. The van der Waals surface area contributed by atoms with Crippen LogP contribution in [0.25, 0.3) is 0 Å². The fraction of sp³-hybridized carbons (Fsp3) is 0.900. The largest absolute Gasteiger partial charge is 0.390 e. The number of carbonyl (C=O) groups is 1. The van der Waals surface area contributed by atoms with Crippen LogP contribution in [0.3, 0.4) is 0 Å². The molecule has 0 unspecified atom stereocenters. The molecule has 1 amide bonds. The maximum Gasteiger partial charge on any atom is 0.390 e. The Morgan fingerprint density at radius 2 is 2.06 bits per heavy atom. The average Bonchev–Trinajstić information content (AvgIpc) is 2.44. The standard InChI is InChI=1S/C10H18F3N3O/c11-10(12,13)2-4-15-9(17)8-16-6-1-3-14-5-7-16/h14H,1-8H2,(H,15,17). The molecule has 1 heterocycles. The number of amides is 1. The van der Waals surface area contributed by atoms with Crippen molar-refractivity contribution in [2.24, 2.45) is 0 Å². The van der Waals surface area contributed by atoms with Gasteiger partial charge in [-0.05, 0) is 19.5 Å². The zero-order chi connectivity index (χ0) is 12.7. The lowest BCUT2D eigenvalue weighted by molar-refractivity contribution is -0.135. The van der Waals surface area contributed by atoms with E-state index in [9.17, 15) is 18.0 Å². The van der Waals surface area contributed by atoms with E-state index in [0.29, 0.717) is 0 Å². The van der Waals surface area contributed by atoms with Crippen LogP contribution in [0.1, 0.15) is 12.8 Å². The molecule has 0 aromatic heterocycles. The Hall–Kier alpha value is -0.820. The highest BCUT2D eigenvalue weighted by molar-refractivity contribution is 5.77. The fourth-order valence-electron chi connectivity index (χ4n) is 1.66. The first-order valence-corrected chi connectivity index (χ1v) is 5.74. The minimum atomic E-state index is -4.21. The fourth-order valence-corrected chi connectivity index (χ4v) is 1.66. The lowest BCUT2D eigenvalue weighted by Gasteiger charge is -2.18. The molecule has 0 saturated carbocycles. The summed E-state index contributed by atoms with van der Waals surface area (Å²) in [6.45, 7) is 3.14. The molecule has 100 valence electrons. The Morgan fingerprint density at radius 1 is 1.29 bits per heavy atom. The smallest absolute Gasteiger partial charge is 0.355 e. The van der Waals surface area contributed by atoms with E-state index in [-0.39, 0.29) is 19.0 Å². The molecule has 0 aliphatic carbocycles. The summed E-state index contributed by atoms with van der Waals surface area (Å²) >= 11 is 0. The van der Waals surface area contributed by atoms with Gasteiger partial charge in [0.25, 0.3) is 0 Å². The van der Waals surface area contributed by atoms with Crippen molar-refractivity contribution in [1.82, 2.24) is 15.5 Å². The van der Waals surface area contributed by atoms with Crippen molar-refractivity contribution in [3.05, 3.63) is 0 Å². The van der Waals surface area contributed by atoms with Crippen molar-refractivity contribution < 1.29 is 18.0 Å². The Kier molecular flexibility index (Phi) is 5.70. The molecular formula is C10H18F3N3O. The highest BCUT2D eigenvalue weighted by Gasteiger charge is 2.26. The van der Waals surface area contributed by atoms with Crippen molar-refractivity contribution >= 4 is 5.91 Å². The number of carbonyl (C=O) groups excluding carboxylic acids is 1. The molecule has 1 fully saturated rings. The van der Waals surface area contributed by atoms with Gasteiger partial charge in [0.05, 0.1) is 13.0 Å². The molecule has 17 heavy (non-hydrogen) atoms. The quantitative estimate of drug-likeness (QED) is 0.760. The minimum absolute atomic E-state index is 0.180. The lowest BCUT2D eigenvalue weighted by atomic mass is 10.3. The Labute approximate surface area is 98.5 Å². The second-order valence-corrected chi connectivity index (χ2v) is 4.09. The van der Waals surface area contributed by atoms with Crippen LogP contribution < -0.4 is 10.6 Å². The molecular weight excluding hydrogens is 235 g/mol. The predicted molar refractivity (Wildman–Crippen MR) is 57.6 cm³/mol. The van der Waals surface area contributed by atoms with Gasteiger partial charge in [0.1, 0.15) is 0 Å². The van der Waals surface area contributed by atoms with Gasteiger partial charge >= 0.3 is 6.18 Å².